The molecule has 1 aromatic carbocycles. The Labute approximate surface area is 171 Å². The number of nitrogen functional groups attached to an aromatic ring is 1. The number of carbonyl (C=O) groups excluding carboxylic acids is 1. The molecule has 1 aliphatic carbocycles. The minimum Gasteiger partial charge on any atom is -0.384 e. The molecule has 1 aromatic heterocycles. The third kappa shape index (κ3) is 4.95. The first kappa shape index (κ1) is 20.0. The lowest BCUT2D eigenvalue weighted by molar-refractivity contribution is -0.116. The average Bonchev–Trinajstić information content (AvgIpc) is 2.66. The van der Waals surface area contributed by atoms with Gasteiger partial charge in [-0.15, -0.1) is 0 Å². The van der Waals surface area contributed by atoms with Crippen molar-refractivity contribution in [3.05, 3.63) is 65.5 Å². The van der Waals surface area contributed by atoms with Gasteiger partial charge in [0.05, 0.1) is 5.57 Å². The van der Waals surface area contributed by atoms with Crippen LogP contribution in [-0.2, 0) is 11.3 Å². The number of ketones is 1. The van der Waals surface area contributed by atoms with Crippen LogP contribution in [0, 0.1) is 11.8 Å². The van der Waals surface area contributed by atoms with E-state index in [1.54, 1.807) is 6.20 Å². The van der Waals surface area contributed by atoms with E-state index in [-0.39, 0.29) is 5.78 Å². The van der Waals surface area contributed by atoms with Gasteiger partial charge in [-0.3, -0.25) is 4.79 Å². The number of para-hydroxylation sites is 1. The van der Waals surface area contributed by atoms with Crippen molar-refractivity contribution in [3.8, 4) is 0 Å². The molecule has 0 saturated carbocycles. The molecule has 0 bridgehead atoms. The van der Waals surface area contributed by atoms with Crippen LogP contribution < -0.4 is 16.4 Å². The molecule has 0 amide bonds. The van der Waals surface area contributed by atoms with E-state index in [4.69, 9.17) is 18.0 Å². The van der Waals surface area contributed by atoms with Crippen molar-refractivity contribution >= 4 is 34.5 Å². The number of rotatable bonds is 6. The zero-order valence-corrected chi connectivity index (χ0v) is 17.1. The molecule has 1 heterocycles. The fraction of sp³-hybridized carbons (Fsp3) is 0.318. The Morgan fingerprint density at radius 2 is 2.00 bits per heavy atom. The van der Waals surface area contributed by atoms with Crippen LogP contribution in [0.25, 0.3) is 0 Å². The lowest BCUT2D eigenvalue weighted by Crippen LogP contribution is -2.33. The van der Waals surface area contributed by atoms with Crippen LogP contribution in [0.4, 0.5) is 11.5 Å². The largest absolute Gasteiger partial charge is 0.384 e. The van der Waals surface area contributed by atoms with Gasteiger partial charge in [0.2, 0.25) is 0 Å². The molecule has 0 radical (unpaired) electrons. The van der Waals surface area contributed by atoms with Crippen molar-refractivity contribution in [1.29, 1.82) is 0 Å². The average molecular weight is 395 g/mol. The molecular formula is C22H26N4OS. The van der Waals surface area contributed by atoms with Gasteiger partial charge in [-0.1, -0.05) is 44.3 Å². The summed E-state index contributed by atoms with van der Waals surface area (Å²) < 4.78 is 0. The molecule has 0 spiro atoms. The summed E-state index contributed by atoms with van der Waals surface area (Å²) in [6, 6.07) is 13.4. The van der Waals surface area contributed by atoms with E-state index in [2.05, 4.69) is 29.5 Å². The van der Waals surface area contributed by atoms with Crippen molar-refractivity contribution in [2.45, 2.75) is 33.2 Å². The number of aromatic nitrogens is 1. The van der Waals surface area contributed by atoms with Crippen molar-refractivity contribution in [3.63, 3.8) is 0 Å². The summed E-state index contributed by atoms with van der Waals surface area (Å²) in [7, 11) is 0. The van der Waals surface area contributed by atoms with Gasteiger partial charge in [0.15, 0.2) is 5.78 Å². The number of nitrogens with zero attached hydrogens (tertiary/aromatic N) is 1. The molecule has 0 fully saturated rings. The Morgan fingerprint density at radius 1 is 1.25 bits per heavy atom. The fourth-order valence-corrected chi connectivity index (χ4v) is 3.72. The fourth-order valence-electron chi connectivity index (χ4n) is 3.37. The molecule has 146 valence electrons. The summed E-state index contributed by atoms with van der Waals surface area (Å²) in [4.78, 5) is 17.5. The van der Waals surface area contributed by atoms with Crippen LogP contribution in [0.2, 0.25) is 0 Å². The van der Waals surface area contributed by atoms with Crippen LogP contribution in [-0.4, -0.2) is 15.8 Å². The Hall–Kier alpha value is -2.73. The number of benzene rings is 1. The molecule has 3 rings (SSSR count). The maximum Gasteiger partial charge on any atom is 0.167 e. The standard InChI is InChI=1S/C22H26N4OS/c1-14(2)16-11-18(25-13-15-8-9-24-20(23)10-15)21(19(27)12-16)22(28)26-17-6-4-3-5-7-17/h3-10,14,16,25H,11-13H2,1-2H3,(H2,23,24)(H,26,28). The highest BCUT2D eigenvalue weighted by Gasteiger charge is 2.31. The molecule has 5 nitrogen and oxygen atoms in total. The van der Waals surface area contributed by atoms with E-state index in [1.807, 2.05) is 42.5 Å². The number of allylic oxidation sites excluding steroid dienone is 1. The molecule has 0 saturated heterocycles. The monoisotopic (exact) mass is 394 g/mol. The minimum atomic E-state index is 0.0927. The van der Waals surface area contributed by atoms with Gasteiger partial charge >= 0.3 is 0 Å². The van der Waals surface area contributed by atoms with Gasteiger partial charge in [-0.05, 0) is 48.1 Å². The van der Waals surface area contributed by atoms with Crippen LogP contribution in [0.15, 0.2) is 59.9 Å². The summed E-state index contributed by atoms with van der Waals surface area (Å²) in [6.45, 7) is 4.88. The molecule has 1 aliphatic rings. The highest BCUT2D eigenvalue weighted by atomic mass is 32.1. The highest BCUT2D eigenvalue weighted by Crippen LogP contribution is 2.32. The molecular weight excluding hydrogens is 368 g/mol. The maximum atomic E-state index is 13.0. The zero-order chi connectivity index (χ0) is 20.1. The number of pyridine rings is 1. The first-order valence-corrected chi connectivity index (χ1v) is 9.92. The Balaban J connectivity index is 1.85. The van der Waals surface area contributed by atoms with Gasteiger partial charge in [-0.2, -0.15) is 0 Å². The van der Waals surface area contributed by atoms with Crippen molar-refractivity contribution in [1.82, 2.24) is 10.3 Å². The van der Waals surface area contributed by atoms with E-state index >= 15 is 0 Å². The molecule has 2 aromatic rings. The van der Waals surface area contributed by atoms with E-state index in [9.17, 15) is 4.79 Å². The normalized spacial score (nSPS) is 17.0. The number of nitrogens with one attached hydrogen (secondary N) is 2. The smallest absolute Gasteiger partial charge is 0.167 e. The lowest BCUT2D eigenvalue weighted by Gasteiger charge is -2.30. The topological polar surface area (TPSA) is 80.0 Å². The zero-order valence-electron chi connectivity index (χ0n) is 16.2. The Kier molecular flexibility index (Phi) is 6.41. The number of thiocarbonyl (C=S) groups is 1. The predicted octanol–water partition coefficient (Wildman–Crippen LogP) is 4.08. The Bertz CT molecular complexity index is 892. The summed E-state index contributed by atoms with van der Waals surface area (Å²) >= 11 is 5.61. The van der Waals surface area contributed by atoms with Gasteiger partial charge in [-0.25, -0.2) is 4.98 Å². The molecule has 1 atom stereocenters. The minimum absolute atomic E-state index is 0.0927. The van der Waals surface area contributed by atoms with E-state index in [0.29, 0.717) is 41.2 Å². The third-order valence-corrected chi connectivity index (χ3v) is 5.35. The molecule has 28 heavy (non-hydrogen) atoms. The van der Waals surface area contributed by atoms with Gasteiger partial charge in [0.25, 0.3) is 0 Å². The van der Waals surface area contributed by atoms with Crippen LogP contribution in [0.1, 0.15) is 32.3 Å². The summed E-state index contributed by atoms with van der Waals surface area (Å²) in [5.74, 6) is 1.31. The lowest BCUT2D eigenvalue weighted by atomic mass is 9.79. The molecule has 1 unspecified atom stereocenters. The Morgan fingerprint density at radius 3 is 2.68 bits per heavy atom. The second-order valence-electron chi connectivity index (χ2n) is 7.45. The number of anilines is 2. The van der Waals surface area contributed by atoms with Crippen molar-refractivity contribution in [2.75, 3.05) is 11.1 Å². The van der Waals surface area contributed by atoms with Crippen molar-refractivity contribution < 1.29 is 4.79 Å². The quantitative estimate of drug-likeness (QED) is 0.641. The first-order chi connectivity index (χ1) is 13.4. The molecule has 4 N–H and O–H groups in total. The first-order valence-electron chi connectivity index (χ1n) is 9.51. The third-order valence-electron chi connectivity index (χ3n) is 5.05. The summed E-state index contributed by atoms with van der Waals surface area (Å²) in [5, 5.41) is 6.65. The summed E-state index contributed by atoms with van der Waals surface area (Å²) in [6.07, 6.45) is 3.01. The SMILES string of the molecule is CC(C)C1CC(=O)C(C(=S)Nc2ccccc2)=C(NCc2ccnc(N)c2)C1. The molecule has 6 heteroatoms. The van der Waals surface area contributed by atoms with Crippen LogP contribution in [0.3, 0.4) is 0 Å². The number of hydrogen-bond donors (Lipinski definition) is 3. The second-order valence-corrected chi connectivity index (χ2v) is 7.86. The maximum absolute atomic E-state index is 13.0. The number of nitrogens with two attached hydrogens (primary N) is 1. The van der Waals surface area contributed by atoms with Crippen LogP contribution in [0.5, 0.6) is 0 Å². The van der Waals surface area contributed by atoms with Gasteiger partial charge in [0.1, 0.15) is 10.8 Å². The van der Waals surface area contributed by atoms with Crippen molar-refractivity contribution in [2.24, 2.45) is 11.8 Å². The van der Waals surface area contributed by atoms with E-state index in [0.717, 1.165) is 23.4 Å². The van der Waals surface area contributed by atoms with Gasteiger partial charge < -0.3 is 16.4 Å². The van der Waals surface area contributed by atoms with Crippen LogP contribution >= 0.6 is 12.2 Å². The van der Waals surface area contributed by atoms with Gasteiger partial charge in [0, 0.05) is 30.5 Å². The number of carbonyl (C=O) groups is 1. The molecule has 0 aliphatic heterocycles. The van der Waals surface area contributed by atoms with E-state index in [1.165, 1.54) is 0 Å². The highest BCUT2D eigenvalue weighted by molar-refractivity contribution is 7.81. The summed E-state index contributed by atoms with van der Waals surface area (Å²) in [5.41, 5.74) is 9.16. The predicted molar refractivity (Wildman–Crippen MR) is 118 cm³/mol. The number of hydrogen-bond acceptors (Lipinski definition) is 5. The van der Waals surface area contributed by atoms with E-state index < -0.39 is 0 Å². The number of Topliss-reactive ketones (excluding diaryl/α,β-unsaturated/α-hetero) is 1. The second kappa shape index (κ2) is 8.97.